The zero-order valence-electron chi connectivity index (χ0n) is 8.36. The van der Waals surface area contributed by atoms with Crippen LogP contribution in [-0.2, 0) is 4.84 Å². The molecule has 2 rings (SSSR count). The highest BCUT2D eigenvalue weighted by Crippen LogP contribution is 2.25. The largest absolute Gasteiger partial charge is 0.378 e. The summed E-state index contributed by atoms with van der Waals surface area (Å²) in [6.07, 6.45) is 8.96. The van der Waals surface area contributed by atoms with Gasteiger partial charge in [-0.15, -0.1) is 0 Å². The number of hydrogen-bond acceptors (Lipinski definition) is 2. The molecule has 0 bridgehead atoms. The van der Waals surface area contributed by atoms with Gasteiger partial charge < -0.3 is 4.84 Å². The lowest BCUT2D eigenvalue weighted by Crippen LogP contribution is -2.17. The average molecular weight is 197 g/mol. The minimum absolute atomic E-state index is 0.701. The second-order valence-electron chi connectivity index (χ2n) is 3.13. The lowest BCUT2D eigenvalue weighted by molar-refractivity contribution is -0.0484. The standard InChI is InChI=1S/C13H11NO/c1-3-7-12(4-2)14-10-11-8-5-6-9-13(11)15-14/h3-4,7-9H,1-2,10H2/b12-7+. The Bertz CT molecular complexity index is 439. The summed E-state index contributed by atoms with van der Waals surface area (Å²) in [7, 11) is 0. The summed E-state index contributed by atoms with van der Waals surface area (Å²) in [4.78, 5) is 5.61. The molecule has 0 unspecified atom stereocenters. The molecular formula is C13H11NO. The van der Waals surface area contributed by atoms with E-state index >= 15 is 0 Å². The Morgan fingerprint density at radius 2 is 2.20 bits per heavy atom. The highest BCUT2D eigenvalue weighted by molar-refractivity contribution is 5.37. The highest BCUT2D eigenvalue weighted by Gasteiger charge is 2.22. The van der Waals surface area contributed by atoms with Crippen LogP contribution in [0.3, 0.4) is 0 Å². The number of allylic oxidation sites excluding steroid dienone is 4. The van der Waals surface area contributed by atoms with Gasteiger partial charge in [-0.05, 0) is 18.2 Å². The maximum atomic E-state index is 5.61. The maximum Gasteiger partial charge on any atom is 0.169 e. The van der Waals surface area contributed by atoms with Crippen LogP contribution in [0.1, 0.15) is 0 Å². The summed E-state index contributed by atoms with van der Waals surface area (Å²) in [6, 6.07) is 0. The van der Waals surface area contributed by atoms with Crippen LogP contribution in [0, 0.1) is 0 Å². The third kappa shape index (κ3) is 1.72. The van der Waals surface area contributed by atoms with Crippen LogP contribution in [0.4, 0.5) is 0 Å². The highest BCUT2D eigenvalue weighted by atomic mass is 16.7. The molecule has 0 atom stereocenters. The fraction of sp³-hybridized carbons (Fsp3) is 0.0769. The van der Waals surface area contributed by atoms with Crippen molar-refractivity contribution in [3.63, 3.8) is 0 Å². The van der Waals surface area contributed by atoms with Crippen molar-refractivity contribution in [3.05, 3.63) is 72.0 Å². The Labute approximate surface area is 89.1 Å². The summed E-state index contributed by atoms with van der Waals surface area (Å²) < 4.78 is 0. The topological polar surface area (TPSA) is 12.5 Å². The van der Waals surface area contributed by atoms with E-state index in [1.807, 2.05) is 12.2 Å². The van der Waals surface area contributed by atoms with Gasteiger partial charge in [-0.1, -0.05) is 30.7 Å². The van der Waals surface area contributed by atoms with Crippen molar-refractivity contribution in [3.8, 4) is 0 Å². The van der Waals surface area contributed by atoms with E-state index in [1.165, 1.54) is 0 Å². The van der Waals surface area contributed by atoms with Crippen LogP contribution in [0.2, 0.25) is 0 Å². The summed E-state index contributed by atoms with van der Waals surface area (Å²) >= 11 is 0. The van der Waals surface area contributed by atoms with E-state index in [-0.39, 0.29) is 0 Å². The molecule has 0 N–H and O–H groups in total. The van der Waals surface area contributed by atoms with Crippen molar-refractivity contribution in [2.24, 2.45) is 0 Å². The molecule has 0 aromatic carbocycles. The Kier molecular flexibility index (Phi) is 2.47. The minimum atomic E-state index is 0.701. The summed E-state index contributed by atoms with van der Waals surface area (Å²) in [5, 5.41) is 1.76. The van der Waals surface area contributed by atoms with Crippen molar-refractivity contribution in [1.82, 2.24) is 5.06 Å². The first-order valence-electron chi connectivity index (χ1n) is 4.66. The van der Waals surface area contributed by atoms with E-state index in [1.54, 1.807) is 23.3 Å². The fourth-order valence-electron chi connectivity index (χ4n) is 1.43. The average Bonchev–Trinajstić information content (AvgIpc) is 2.69. The summed E-state index contributed by atoms with van der Waals surface area (Å²) in [5.74, 6) is 0.825. The minimum Gasteiger partial charge on any atom is -0.378 e. The Morgan fingerprint density at radius 1 is 1.40 bits per heavy atom. The smallest absolute Gasteiger partial charge is 0.169 e. The molecule has 0 aromatic rings. The molecule has 0 fully saturated rings. The lowest BCUT2D eigenvalue weighted by Gasteiger charge is -2.17. The Balaban J connectivity index is 2.17. The molecule has 2 aliphatic rings. The van der Waals surface area contributed by atoms with Gasteiger partial charge in [-0.3, -0.25) is 0 Å². The van der Waals surface area contributed by atoms with Gasteiger partial charge in [0.2, 0.25) is 0 Å². The number of rotatable bonds is 3. The quantitative estimate of drug-likeness (QED) is 0.509. The maximum absolute atomic E-state index is 5.61. The van der Waals surface area contributed by atoms with Gasteiger partial charge in [0.05, 0.1) is 12.2 Å². The molecule has 2 nitrogen and oxygen atoms in total. The van der Waals surface area contributed by atoms with Crippen LogP contribution in [0.5, 0.6) is 0 Å². The molecule has 0 amide bonds. The second-order valence-corrected chi connectivity index (χ2v) is 3.13. The zero-order valence-corrected chi connectivity index (χ0v) is 8.36. The third-order valence-electron chi connectivity index (χ3n) is 2.16. The van der Waals surface area contributed by atoms with E-state index in [4.69, 9.17) is 4.84 Å². The molecule has 0 radical (unpaired) electrons. The van der Waals surface area contributed by atoms with E-state index in [0.29, 0.717) is 6.54 Å². The Hall–Kier alpha value is -2.14. The number of hydrogen-bond donors (Lipinski definition) is 0. The first kappa shape index (κ1) is 9.42. The van der Waals surface area contributed by atoms with Gasteiger partial charge in [0.1, 0.15) is 0 Å². The molecule has 15 heavy (non-hydrogen) atoms. The fourth-order valence-corrected chi connectivity index (χ4v) is 1.43. The van der Waals surface area contributed by atoms with E-state index in [0.717, 1.165) is 17.0 Å². The first-order chi connectivity index (χ1) is 7.35. The zero-order chi connectivity index (χ0) is 10.7. The SMILES string of the molecule is C=C/C=C(\C=C)N1CC2=C(C=C=C=C2)O1. The van der Waals surface area contributed by atoms with Crippen LogP contribution >= 0.6 is 0 Å². The normalized spacial score (nSPS) is 17.9. The van der Waals surface area contributed by atoms with Gasteiger partial charge in [0.25, 0.3) is 0 Å². The van der Waals surface area contributed by atoms with Crippen LogP contribution < -0.4 is 0 Å². The Morgan fingerprint density at radius 3 is 2.87 bits per heavy atom. The van der Waals surface area contributed by atoms with E-state index < -0.39 is 0 Å². The van der Waals surface area contributed by atoms with Crippen molar-refractivity contribution >= 4 is 0 Å². The second kappa shape index (κ2) is 3.93. The van der Waals surface area contributed by atoms with Gasteiger partial charge in [-0.2, -0.15) is 0 Å². The van der Waals surface area contributed by atoms with Crippen molar-refractivity contribution in [2.75, 3.05) is 6.54 Å². The molecule has 74 valence electrons. The van der Waals surface area contributed by atoms with Crippen LogP contribution in [0.15, 0.2) is 72.0 Å². The predicted molar refractivity (Wildman–Crippen MR) is 59.5 cm³/mol. The predicted octanol–water partition coefficient (Wildman–Crippen LogP) is 2.62. The molecule has 0 saturated carbocycles. The summed E-state index contributed by atoms with van der Waals surface area (Å²) in [6.45, 7) is 8.08. The number of nitrogens with zero attached hydrogens (tertiary/aromatic N) is 1. The summed E-state index contributed by atoms with van der Waals surface area (Å²) in [5.41, 5.74) is 7.76. The third-order valence-corrected chi connectivity index (χ3v) is 2.16. The molecule has 2 heteroatoms. The molecule has 0 saturated heterocycles. The van der Waals surface area contributed by atoms with E-state index in [9.17, 15) is 0 Å². The van der Waals surface area contributed by atoms with Crippen LogP contribution in [-0.4, -0.2) is 11.6 Å². The number of hydroxylamine groups is 2. The van der Waals surface area contributed by atoms with Crippen molar-refractivity contribution < 1.29 is 4.84 Å². The van der Waals surface area contributed by atoms with Gasteiger partial charge >= 0.3 is 0 Å². The van der Waals surface area contributed by atoms with Crippen LogP contribution in [0.25, 0.3) is 0 Å². The van der Waals surface area contributed by atoms with Gasteiger partial charge in [-0.25, -0.2) is 5.06 Å². The molecule has 0 aromatic heterocycles. The monoisotopic (exact) mass is 197 g/mol. The first-order valence-corrected chi connectivity index (χ1v) is 4.66. The molecular weight excluding hydrogens is 186 g/mol. The lowest BCUT2D eigenvalue weighted by atomic mass is 10.2. The van der Waals surface area contributed by atoms with Gasteiger partial charge in [0, 0.05) is 11.6 Å². The molecule has 1 aliphatic heterocycles. The molecule has 1 aliphatic carbocycles. The van der Waals surface area contributed by atoms with E-state index in [2.05, 4.69) is 24.6 Å². The molecule has 1 heterocycles. The van der Waals surface area contributed by atoms with Crippen molar-refractivity contribution in [2.45, 2.75) is 0 Å². The van der Waals surface area contributed by atoms with Gasteiger partial charge in [0.15, 0.2) is 5.76 Å². The van der Waals surface area contributed by atoms with Crippen molar-refractivity contribution in [1.29, 1.82) is 0 Å². The molecule has 0 spiro atoms.